The highest BCUT2D eigenvalue weighted by atomic mass is 35.5. The zero-order valence-corrected chi connectivity index (χ0v) is 16.6. The summed E-state index contributed by atoms with van der Waals surface area (Å²) in [4.78, 5) is 21.9. The number of carbonyl (C=O) groups excluding carboxylic acids is 1. The molecular weight excluding hydrogens is 388 g/mol. The Kier molecular flexibility index (Phi) is 4.36. The molecule has 0 saturated carbocycles. The molecule has 0 radical (unpaired) electrons. The summed E-state index contributed by atoms with van der Waals surface area (Å²) < 4.78 is 5.80. The molecule has 29 heavy (non-hydrogen) atoms. The van der Waals surface area contributed by atoms with Gasteiger partial charge in [0.1, 0.15) is 11.6 Å². The van der Waals surface area contributed by atoms with Gasteiger partial charge in [-0.05, 0) is 49.1 Å². The molecule has 1 aromatic heterocycles. The molecule has 0 spiro atoms. The number of carbonyl (C=O) groups is 1. The second-order valence-electron chi connectivity index (χ2n) is 7.31. The second-order valence-corrected chi connectivity index (χ2v) is 7.72. The Balaban J connectivity index is 1.53. The van der Waals surface area contributed by atoms with Crippen LogP contribution in [0.5, 0.6) is 0 Å². The maximum Gasteiger partial charge on any atom is 0.302 e. The van der Waals surface area contributed by atoms with Crippen molar-refractivity contribution in [3.63, 3.8) is 0 Å². The van der Waals surface area contributed by atoms with Crippen LogP contribution in [-0.4, -0.2) is 16.7 Å². The fraction of sp³-hybridized carbons (Fsp3) is 0.227. The van der Waals surface area contributed by atoms with Gasteiger partial charge in [-0.3, -0.25) is 10.1 Å². The molecule has 0 bridgehead atoms. The number of ketones is 1. The number of aromatic nitrogens is 1. The van der Waals surface area contributed by atoms with Crippen LogP contribution in [0.1, 0.15) is 36.4 Å². The molecular formula is C22H19ClN4O2. The number of hydrogen-bond donors (Lipinski definition) is 2. The Bertz CT molecular complexity index is 1190. The minimum absolute atomic E-state index is 0.115. The molecule has 2 aromatic carbocycles. The van der Waals surface area contributed by atoms with Crippen LogP contribution in [0.2, 0.25) is 5.02 Å². The molecule has 146 valence electrons. The third-order valence-corrected chi connectivity index (χ3v) is 5.57. The lowest BCUT2D eigenvalue weighted by molar-refractivity contribution is -0.116. The van der Waals surface area contributed by atoms with Gasteiger partial charge in [0.25, 0.3) is 0 Å². The third kappa shape index (κ3) is 3.29. The minimum atomic E-state index is -0.457. The molecule has 1 aliphatic heterocycles. The first-order valence-electron chi connectivity index (χ1n) is 9.58. The highest BCUT2D eigenvalue weighted by molar-refractivity contribution is 6.31. The molecule has 2 N–H and O–H groups in total. The van der Waals surface area contributed by atoms with E-state index in [-0.39, 0.29) is 5.78 Å². The molecule has 1 aliphatic carbocycles. The number of allylic oxidation sites excluding steroid dienone is 1. The van der Waals surface area contributed by atoms with Gasteiger partial charge in [0.05, 0.1) is 0 Å². The average molecular weight is 407 g/mol. The number of nitrogens with zero attached hydrogens (tertiary/aromatic N) is 2. The Morgan fingerprint density at radius 3 is 2.93 bits per heavy atom. The number of oxazole rings is 1. The molecule has 5 rings (SSSR count). The number of fused-ring (bicyclic) bond motifs is 1. The quantitative estimate of drug-likeness (QED) is 0.632. The Labute approximate surface area is 172 Å². The van der Waals surface area contributed by atoms with Gasteiger partial charge in [0, 0.05) is 22.7 Å². The van der Waals surface area contributed by atoms with Gasteiger partial charge in [-0.25, -0.2) is 4.99 Å². The van der Waals surface area contributed by atoms with Gasteiger partial charge in [0.2, 0.25) is 5.96 Å². The molecule has 2 heterocycles. The van der Waals surface area contributed by atoms with Crippen molar-refractivity contribution in [2.45, 2.75) is 32.2 Å². The minimum Gasteiger partial charge on any atom is -0.423 e. The second kappa shape index (κ2) is 7.04. The third-order valence-electron chi connectivity index (χ3n) is 5.23. The maximum absolute atomic E-state index is 12.7. The van der Waals surface area contributed by atoms with E-state index < -0.39 is 6.04 Å². The van der Waals surface area contributed by atoms with E-state index in [1.165, 1.54) is 0 Å². The van der Waals surface area contributed by atoms with Gasteiger partial charge >= 0.3 is 6.01 Å². The number of hydrogen-bond acceptors (Lipinski definition) is 6. The zero-order chi connectivity index (χ0) is 20.0. The average Bonchev–Trinajstić information content (AvgIpc) is 3.09. The van der Waals surface area contributed by atoms with E-state index in [1.807, 2.05) is 49.4 Å². The number of Topliss-reactive ketones (excluding diaryl/α,β-unsaturated/α-hetero) is 1. The van der Waals surface area contributed by atoms with Crippen LogP contribution < -0.4 is 10.6 Å². The van der Waals surface area contributed by atoms with Crippen LogP contribution in [0.25, 0.3) is 11.1 Å². The zero-order valence-electron chi connectivity index (χ0n) is 15.8. The van der Waals surface area contributed by atoms with Crippen molar-refractivity contribution >= 4 is 40.5 Å². The van der Waals surface area contributed by atoms with Crippen LogP contribution >= 0.6 is 11.6 Å². The first-order valence-corrected chi connectivity index (χ1v) is 9.96. The Morgan fingerprint density at radius 2 is 2.07 bits per heavy atom. The number of benzene rings is 2. The van der Waals surface area contributed by atoms with E-state index >= 15 is 0 Å². The van der Waals surface area contributed by atoms with Crippen LogP contribution in [0, 0.1) is 6.92 Å². The number of guanidine groups is 1. The number of aryl methyl sites for hydroxylation is 1. The van der Waals surface area contributed by atoms with Gasteiger partial charge in [-0.2, -0.15) is 4.98 Å². The predicted molar refractivity (Wildman–Crippen MR) is 113 cm³/mol. The monoisotopic (exact) mass is 406 g/mol. The Hall–Kier alpha value is -3.12. The van der Waals surface area contributed by atoms with Crippen molar-refractivity contribution in [3.8, 4) is 0 Å². The number of halogens is 1. The fourth-order valence-corrected chi connectivity index (χ4v) is 4.10. The standard InChI is InChI=1S/C22H19ClN4O2/c1-12-9-10-18-16(11-12)25-22(29-18)27-21-24-15-7-4-8-17(28)19(15)20(26-21)13-5-2-3-6-14(13)23/h2-3,5-6,9-11,20H,4,7-8H2,1H3,(H2,24,25,26,27). The number of rotatable bonds is 2. The molecule has 1 unspecified atom stereocenters. The molecule has 3 aromatic rings. The highest BCUT2D eigenvalue weighted by Crippen LogP contribution is 2.38. The van der Waals surface area contributed by atoms with Crippen LogP contribution in [0.3, 0.4) is 0 Å². The molecule has 1 atom stereocenters. The largest absolute Gasteiger partial charge is 0.423 e. The first kappa shape index (κ1) is 17.9. The maximum atomic E-state index is 12.7. The number of aliphatic imine (C=N–C) groups is 1. The van der Waals surface area contributed by atoms with Crippen LogP contribution in [-0.2, 0) is 4.79 Å². The lowest BCUT2D eigenvalue weighted by Gasteiger charge is -2.30. The highest BCUT2D eigenvalue weighted by Gasteiger charge is 2.33. The van der Waals surface area contributed by atoms with E-state index in [9.17, 15) is 4.79 Å². The topological polar surface area (TPSA) is 79.5 Å². The lowest BCUT2D eigenvalue weighted by Crippen LogP contribution is -2.38. The van der Waals surface area contributed by atoms with Crippen molar-refractivity contribution < 1.29 is 9.21 Å². The van der Waals surface area contributed by atoms with E-state index in [4.69, 9.17) is 21.0 Å². The van der Waals surface area contributed by atoms with E-state index in [0.29, 0.717) is 34.6 Å². The van der Waals surface area contributed by atoms with E-state index in [2.05, 4.69) is 15.6 Å². The lowest BCUT2D eigenvalue weighted by atomic mass is 9.86. The van der Waals surface area contributed by atoms with Gasteiger partial charge in [0.15, 0.2) is 11.4 Å². The number of anilines is 1. The van der Waals surface area contributed by atoms with Crippen LogP contribution in [0.4, 0.5) is 6.01 Å². The van der Waals surface area contributed by atoms with Crippen molar-refractivity contribution in [1.29, 1.82) is 0 Å². The normalized spacial score (nSPS) is 19.0. The summed E-state index contributed by atoms with van der Waals surface area (Å²) in [5.74, 6) is 0.607. The molecule has 0 amide bonds. The first-order chi connectivity index (χ1) is 14.1. The SMILES string of the molecule is Cc1ccc2oc(NC3=NC(c4ccccc4Cl)C4=C(CCCC4=O)N3)nc2c1. The molecule has 0 fully saturated rings. The van der Waals surface area contributed by atoms with E-state index in [1.54, 1.807) is 0 Å². The molecule has 2 aliphatic rings. The Morgan fingerprint density at radius 1 is 1.21 bits per heavy atom. The summed E-state index contributed by atoms with van der Waals surface area (Å²) >= 11 is 6.44. The summed E-state index contributed by atoms with van der Waals surface area (Å²) in [5, 5.41) is 6.98. The van der Waals surface area contributed by atoms with Crippen LogP contribution in [0.15, 0.2) is 63.1 Å². The van der Waals surface area contributed by atoms with Gasteiger partial charge in [-0.1, -0.05) is 35.9 Å². The predicted octanol–water partition coefficient (Wildman–Crippen LogP) is 4.91. The van der Waals surface area contributed by atoms with E-state index in [0.717, 1.165) is 35.2 Å². The summed E-state index contributed by atoms with van der Waals surface area (Å²) in [6, 6.07) is 13.2. The number of nitrogens with one attached hydrogen (secondary N) is 2. The van der Waals surface area contributed by atoms with Crippen molar-refractivity contribution in [2.75, 3.05) is 5.32 Å². The fourth-order valence-electron chi connectivity index (χ4n) is 3.86. The summed E-state index contributed by atoms with van der Waals surface area (Å²) in [5.41, 5.74) is 4.98. The van der Waals surface area contributed by atoms with Crippen molar-refractivity contribution in [1.82, 2.24) is 10.3 Å². The van der Waals surface area contributed by atoms with Crippen molar-refractivity contribution in [3.05, 3.63) is 69.9 Å². The van der Waals surface area contributed by atoms with Gasteiger partial charge < -0.3 is 9.73 Å². The summed E-state index contributed by atoms with van der Waals surface area (Å²) in [6.07, 6.45) is 2.13. The molecule has 0 saturated heterocycles. The molecule has 6 nitrogen and oxygen atoms in total. The van der Waals surface area contributed by atoms with Gasteiger partial charge in [-0.15, -0.1) is 0 Å². The molecule has 7 heteroatoms. The summed E-state index contributed by atoms with van der Waals surface area (Å²) in [7, 11) is 0. The summed E-state index contributed by atoms with van der Waals surface area (Å²) in [6.45, 7) is 2.01. The van der Waals surface area contributed by atoms with Crippen molar-refractivity contribution in [2.24, 2.45) is 4.99 Å². The smallest absolute Gasteiger partial charge is 0.302 e.